The normalized spacial score (nSPS) is 0. The first kappa shape index (κ1) is 53.1. The van der Waals surface area contributed by atoms with Crippen LogP contribution in [0.1, 0.15) is 0 Å². The Morgan fingerprint density at radius 3 is 0.600 bits per heavy atom. The zero-order valence-corrected chi connectivity index (χ0v) is 10.3. The number of hydrogen-bond donors (Lipinski definition) is 0. The summed E-state index contributed by atoms with van der Waals surface area (Å²) in [5.41, 5.74) is 0. The third kappa shape index (κ3) is 21.6. The fourth-order valence-corrected chi connectivity index (χ4v) is 0. The fraction of sp³-hybridized carbons (Fsp3) is 0. The summed E-state index contributed by atoms with van der Waals surface area (Å²) in [7, 11) is 0. The van der Waals surface area contributed by atoms with E-state index in [-0.39, 0.29) is 82.9 Å². The second-order valence-corrected chi connectivity index (χ2v) is 0. The molecular formula is Cl3GaIn. The molecule has 0 saturated carbocycles. The number of rotatable bonds is 0. The largest absolute Gasteiger partial charge is 3.00 e. The van der Waals surface area contributed by atoms with Gasteiger partial charge in [-0.2, -0.15) is 0 Å². The summed E-state index contributed by atoms with van der Waals surface area (Å²) in [6, 6.07) is 0. The molecule has 0 aromatic rings. The predicted molar refractivity (Wildman–Crippen MR) is 11.5 cm³/mol. The zero-order chi connectivity index (χ0) is 0. The van der Waals surface area contributed by atoms with Crippen LogP contribution >= 0.6 is 0 Å². The van der Waals surface area contributed by atoms with E-state index in [9.17, 15) is 0 Å². The molecule has 0 N–H and O–H groups in total. The minimum Gasteiger partial charge on any atom is -1.00 e. The van der Waals surface area contributed by atoms with Gasteiger partial charge in [0.05, 0.1) is 0 Å². The van der Waals surface area contributed by atoms with Crippen molar-refractivity contribution in [2.75, 3.05) is 0 Å². The van der Waals surface area contributed by atoms with Crippen LogP contribution in [0.15, 0.2) is 0 Å². The van der Waals surface area contributed by atoms with E-state index in [0.29, 0.717) is 0 Å². The molecule has 5 heteroatoms. The van der Waals surface area contributed by atoms with Crippen LogP contribution in [0.5, 0.6) is 0 Å². The van der Waals surface area contributed by atoms with Crippen molar-refractivity contribution in [2.24, 2.45) is 0 Å². The molecular weight excluding hydrogens is 291 g/mol. The van der Waals surface area contributed by atoms with Crippen LogP contribution in [0, 0.1) is 0 Å². The zero-order valence-electron chi connectivity index (χ0n) is 2.29. The Morgan fingerprint density at radius 1 is 0.600 bits per heavy atom. The Balaban J connectivity index is 0. The van der Waals surface area contributed by atoms with Gasteiger partial charge in [0.1, 0.15) is 0 Å². The molecule has 0 atom stereocenters. The van der Waals surface area contributed by atoms with Crippen molar-refractivity contribution in [3.05, 3.63) is 0 Å². The summed E-state index contributed by atoms with van der Waals surface area (Å²) in [4.78, 5) is 0. The van der Waals surface area contributed by atoms with Crippen LogP contribution in [0.3, 0.4) is 0 Å². The molecule has 0 spiro atoms. The number of halogens is 3. The molecule has 0 aliphatic carbocycles. The van der Waals surface area contributed by atoms with E-state index >= 15 is 0 Å². The molecule has 0 amide bonds. The smallest absolute Gasteiger partial charge is 1.00 e. The van der Waals surface area contributed by atoms with E-state index in [1.807, 2.05) is 0 Å². The Labute approximate surface area is 81.9 Å². The van der Waals surface area contributed by atoms with Gasteiger partial charge < -0.3 is 37.2 Å². The van der Waals surface area contributed by atoms with Gasteiger partial charge in [0.2, 0.25) is 0 Å². The third-order valence-electron chi connectivity index (χ3n) is 0. The van der Waals surface area contributed by atoms with Gasteiger partial charge in [0.15, 0.2) is 0 Å². The van der Waals surface area contributed by atoms with E-state index in [1.165, 1.54) is 0 Å². The monoisotopic (exact) mass is 289 g/mol. The van der Waals surface area contributed by atoms with E-state index in [0.717, 1.165) is 0 Å². The summed E-state index contributed by atoms with van der Waals surface area (Å²) in [6.07, 6.45) is 0. The molecule has 27 valence electrons. The van der Waals surface area contributed by atoms with Gasteiger partial charge in [-0.25, -0.2) is 0 Å². The molecule has 0 fully saturated rings. The van der Waals surface area contributed by atoms with E-state index < -0.39 is 0 Å². The molecule has 0 heterocycles. The second-order valence-electron chi connectivity index (χ2n) is 0. The first-order valence-electron chi connectivity index (χ1n) is 0. The van der Waals surface area contributed by atoms with Crippen molar-refractivity contribution in [3.63, 3.8) is 0 Å². The van der Waals surface area contributed by atoms with Gasteiger partial charge in [0, 0.05) is 19.8 Å². The minimum absolute atomic E-state index is 0. The van der Waals surface area contributed by atoms with Crippen molar-refractivity contribution < 1.29 is 37.2 Å². The van der Waals surface area contributed by atoms with Crippen molar-refractivity contribution in [2.45, 2.75) is 0 Å². The van der Waals surface area contributed by atoms with Crippen LogP contribution in [0.2, 0.25) is 0 Å². The first-order chi connectivity index (χ1) is 0. The van der Waals surface area contributed by atoms with Crippen molar-refractivity contribution in [3.8, 4) is 0 Å². The molecule has 0 aromatic heterocycles. The molecule has 0 aliphatic heterocycles. The summed E-state index contributed by atoms with van der Waals surface area (Å²) >= 11 is 0. The van der Waals surface area contributed by atoms with E-state index in [1.54, 1.807) is 0 Å². The maximum absolute atomic E-state index is 0. The van der Waals surface area contributed by atoms with Crippen molar-refractivity contribution in [1.29, 1.82) is 0 Å². The summed E-state index contributed by atoms with van der Waals surface area (Å²) < 4.78 is 0. The quantitative estimate of drug-likeness (QED) is 0.389. The Kier molecular flexibility index (Phi) is 347. The topological polar surface area (TPSA) is 0 Å². The average Bonchev–Trinajstić information content (AvgIpc) is 0. The Bertz CT molecular complexity index is 6.85. The van der Waals surface area contributed by atoms with Crippen LogP contribution < -0.4 is 37.2 Å². The van der Waals surface area contributed by atoms with Crippen LogP contribution in [-0.2, 0) is 0 Å². The van der Waals surface area contributed by atoms with Gasteiger partial charge >= 0.3 is 25.8 Å². The summed E-state index contributed by atoms with van der Waals surface area (Å²) in [5, 5.41) is 0. The van der Waals surface area contributed by atoms with E-state index in [2.05, 4.69) is 0 Å². The average molecular weight is 291 g/mol. The standard InChI is InChI=1S/3ClH.Ga.In/h3*1H;;/q;;;;+3/p-3. The molecule has 0 unspecified atom stereocenters. The van der Waals surface area contributed by atoms with Crippen LogP contribution in [0.25, 0.3) is 0 Å². The van der Waals surface area contributed by atoms with Gasteiger partial charge in [-0.05, 0) is 0 Å². The van der Waals surface area contributed by atoms with Gasteiger partial charge in [-0.1, -0.05) is 0 Å². The second kappa shape index (κ2) is 32.6. The SMILES string of the molecule is [Cl-].[Cl-].[Cl-].[Ga].[In+3]. The number of hydrogen-bond acceptors (Lipinski definition) is 0. The van der Waals surface area contributed by atoms with Crippen LogP contribution in [0.4, 0.5) is 0 Å². The maximum atomic E-state index is 0. The molecule has 0 bridgehead atoms. The summed E-state index contributed by atoms with van der Waals surface area (Å²) in [5.74, 6) is 0. The van der Waals surface area contributed by atoms with Gasteiger partial charge in [-0.15, -0.1) is 0 Å². The minimum atomic E-state index is 0. The molecule has 3 radical (unpaired) electrons. The Hall–Kier alpha value is 2.38. The third-order valence-corrected chi connectivity index (χ3v) is 0. The summed E-state index contributed by atoms with van der Waals surface area (Å²) in [6.45, 7) is 0. The molecule has 0 rings (SSSR count). The van der Waals surface area contributed by atoms with Crippen LogP contribution in [-0.4, -0.2) is 45.6 Å². The van der Waals surface area contributed by atoms with Gasteiger partial charge in [0.25, 0.3) is 0 Å². The van der Waals surface area contributed by atoms with Crippen molar-refractivity contribution >= 4 is 45.6 Å². The molecule has 5 heavy (non-hydrogen) atoms. The first-order valence-corrected chi connectivity index (χ1v) is 0. The molecule has 0 aromatic carbocycles. The van der Waals surface area contributed by atoms with Crippen molar-refractivity contribution in [1.82, 2.24) is 0 Å². The predicted octanol–water partition coefficient (Wildman–Crippen LogP) is -9.75. The van der Waals surface area contributed by atoms with Gasteiger partial charge in [-0.3, -0.25) is 0 Å². The Morgan fingerprint density at radius 2 is 0.600 bits per heavy atom. The fourth-order valence-electron chi connectivity index (χ4n) is 0. The molecule has 0 nitrogen and oxygen atoms in total. The van der Waals surface area contributed by atoms with E-state index in [4.69, 9.17) is 0 Å². The molecule has 0 aliphatic rings. The molecule has 0 saturated heterocycles. The maximum Gasteiger partial charge on any atom is 3.00 e.